The summed E-state index contributed by atoms with van der Waals surface area (Å²) in [5.41, 5.74) is 6.62. The summed E-state index contributed by atoms with van der Waals surface area (Å²) in [5, 5.41) is 4.79. The van der Waals surface area contributed by atoms with Crippen LogP contribution in [0.25, 0.3) is 78.1 Å². The first-order valence-electron chi connectivity index (χ1n) is 15.2. The Balaban J connectivity index is 1.41. The Hall–Kier alpha value is -6.20. The van der Waals surface area contributed by atoms with Gasteiger partial charge in [0.25, 0.3) is 0 Å². The number of benzene rings is 6. The third-order valence-corrected chi connectivity index (χ3v) is 8.20. The molecule has 6 aromatic carbocycles. The summed E-state index contributed by atoms with van der Waals surface area (Å²) in [6, 6.07) is 51.8. The second-order valence-electron chi connectivity index (χ2n) is 11.1. The van der Waals surface area contributed by atoms with E-state index in [9.17, 15) is 0 Å². The van der Waals surface area contributed by atoms with Gasteiger partial charge in [0.05, 0.1) is 12.8 Å². The third kappa shape index (κ3) is 5.14. The van der Waals surface area contributed by atoms with Crippen molar-refractivity contribution in [3.05, 3.63) is 152 Å². The van der Waals surface area contributed by atoms with Gasteiger partial charge in [0.1, 0.15) is 0 Å². The van der Waals surface area contributed by atoms with E-state index < -0.39 is 0 Å². The standard InChI is InChI=1S/C41H28N4O/c1-46-38-22-12-21-37(42-38)31-23-30(36-26-29-17-8-9-18-33(29)34-19-10-11-20-35(34)36)24-32(25-31)41-44-39(27-13-4-2-5-14-27)43-40(45-41)28-15-6-3-7-16-28/h2-26H,1H3. The lowest BCUT2D eigenvalue weighted by Crippen LogP contribution is -2.00. The Kier molecular flexibility index (Phi) is 6.97. The summed E-state index contributed by atoms with van der Waals surface area (Å²) in [6.07, 6.45) is 0. The highest BCUT2D eigenvalue weighted by molar-refractivity contribution is 6.14. The third-order valence-electron chi connectivity index (χ3n) is 8.20. The van der Waals surface area contributed by atoms with E-state index >= 15 is 0 Å². The lowest BCUT2D eigenvalue weighted by Gasteiger charge is -2.15. The highest BCUT2D eigenvalue weighted by atomic mass is 16.5. The topological polar surface area (TPSA) is 60.8 Å². The van der Waals surface area contributed by atoms with Gasteiger partial charge < -0.3 is 4.74 Å². The molecule has 46 heavy (non-hydrogen) atoms. The first-order chi connectivity index (χ1) is 22.7. The van der Waals surface area contributed by atoms with E-state index in [1.54, 1.807) is 7.11 Å². The van der Waals surface area contributed by atoms with E-state index in [0.717, 1.165) is 39.1 Å². The normalized spacial score (nSPS) is 11.2. The number of hydrogen-bond donors (Lipinski definition) is 0. The van der Waals surface area contributed by atoms with Gasteiger partial charge >= 0.3 is 0 Å². The second-order valence-corrected chi connectivity index (χ2v) is 11.1. The molecule has 0 saturated carbocycles. The minimum Gasteiger partial charge on any atom is -0.481 e. The summed E-state index contributed by atoms with van der Waals surface area (Å²) in [5.74, 6) is 2.38. The Morgan fingerprint density at radius 2 is 0.935 bits per heavy atom. The van der Waals surface area contributed by atoms with Crippen molar-refractivity contribution in [1.29, 1.82) is 0 Å². The van der Waals surface area contributed by atoms with Gasteiger partial charge in [0.2, 0.25) is 5.88 Å². The summed E-state index contributed by atoms with van der Waals surface area (Å²) >= 11 is 0. The van der Waals surface area contributed by atoms with Crippen molar-refractivity contribution >= 4 is 21.5 Å². The average Bonchev–Trinajstić information content (AvgIpc) is 3.15. The number of aromatic nitrogens is 4. The second kappa shape index (κ2) is 11.7. The van der Waals surface area contributed by atoms with E-state index in [1.807, 2.05) is 78.9 Å². The summed E-state index contributed by atoms with van der Waals surface area (Å²) in [4.78, 5) is 19.8. The smallest absolute Gasteiger partial charge is 0.213 e. The molecule has 5 heteroatoms. The first kappa shape index (κ1) is 27.4. The van der Waals surface area contributed by atoms with Gasteiger partial charge in [-0.2, -0.15) is 0 Å². The molecule has 5 nitrogen and oxygen atoms in total. The highest BCUT2D eigenvalue weighted by Gasteiger charge is 2.17. The van der Waals surface area contributed by atoms with E-state index in [1.165, 1.54) is 21.5 Å². The van der Waals surface area contributed by atoms with Crippen LogP contribution in [0.5, 0.6) is 5.88 Å². The number of rotatable bonds is 6. The van der Waals surface area contributed by atoms with Crippen molar-refractivity contribution in [1.82, 2.24) is 19.9 Å². The summed E-state index contributed by atoms with van der Waals surface area (Å²) in [7, 11) is 1.64. The van der Waals surface area contributed by atoms with Crippen molar-refractivity contribution < 1.29 is 4.74 Å². The molecular formula is C41H28N4O. The predicted molar refractivity (Wildman–Crippen MR) is 186 cm³/mol. The van der Waals surface area contributed by atoms with Crippen LogP contribution < -0.4 is 4.74 Å². The molecule has 2 heterocycles. The zero-order chi connectivity index (χ0) is 30.9. The van der Waals surface area contributed by atoms with Crippen LogP contribution in [0.2, 0.25) is 0 Å². The van der Waals surface area contributed by atoms with Crippen molar-refractivity contribution in [2.75, 3.05) is 7.11 Å². The predicted octanol–water partition coefficient (Wildman–Crippen LogP) is 9.92. The molecule has 0 aliphatic carbocycles. The number of hydrogen-bond acceptors (Lipinski definition) is 5. The van der Waals surface area contributed by atoms with E-state index in [4.69, 9.17) is 24.7 Å². The van der Waals surface area contributed by atoms with Crippen molar-refractivity contribution in [3.63, 3.8) is 0 Å². The van der Waals surface area contributed by atoms with Crippen LogP contribution in [0.3, 0.4) is 0 Å². The molecule has 0 spiro atoms. The highest BCUT2D eigenvalue weighted by Crippen LogP contribution is 2.39. The van der Waals surface area contributed by atoms with Crippen LogP contribution in [0, 0.1) is 0 Å². The van der Waals surface area contributed by atoms with Gasteiger partial charge in [0.15, 0.2) is 17.5 Å². The SMILES string of the molecule is COc1cccc(-c2cc(-c3nc(-c4ccccc4)nc(-c4ccccc4)n3)cc(-c3cc4ccccc4c4ccccc34)c2)n1. The zero-order valence-electron chi connectivity index (χ0n) is 25.1. The van der Waals surface area contributed by atoms with E-state index in [2.05, 4.69) is 72.8 Å². The summed E-state index contributed by atoms with van der Waals surface area (Å²) in [6.45, 7) is 0. The maximum absolute atomic E-state index is 5.50. The molecule has 0 N–H and O–H groups in total. The average molecular weight is 593 g/mol. The Morgan fingerprint density at radius 1 is 0.391 bits per heavy atom. The van der Waals surface area contributed by atoms with Gasteiger partial charge in [-0.3, -0.25) is 0 Å². The van der Waals surface area contributed by atoms with Crippen molar-refractivity contribution in [2.45, 2.75) is 0 Å². The van der Waals surface area contributed by atoms with Crippen molar-refractivity contribution in [2.24, 2.45) is 0 Å². The molecular weight excluding hydrogens is 564 g/mol. The molecule has 218 valence electrons. The van der Waals surface area contributed by atoms with Crippen molar-refractivity contribution in [3.8, 4) is 62.4 Å². The van der Waals surface area contributed by atoms with E-state index in [-0.39, 0.29) is 0 Å². The lowest BCUT2D eigenvalue weighted by atomic mass is 9.91. The fraction of sp³-hybridized carbons (Fsp3) is 0.0244. The molecule has 0 radical (unpaired) electrons. The monoisotopic (exact) mass is 592 g/mol. The summed E-state index contributed by atoms with van der Waals surface area (Å²) < 4.78 is 5.50. The zero-order valence-corrected chi connectivity index (χ0v) is 25.1. The maximum atomic E-state index is 5.50. The Morgan fingerprint density at radius 3 is 1.61 bits per heavy atom. The van der Waals surface area contributed by atoms with Crippen LogP contribution in [-0.4, -0.2) is 27.0 Å². The molecule has 0 aliphatic heterocycles. The number of methoxy groups -OCH3 is 1. The largest absolute Gasteiger partial charge is 0.481 e. The van der Waals surface area contributed by atoms with E-state index in [0.29, 0.717) is 23.4 Å². The number of nitrogens with zero attached hydrogens (tertiary/aromatic N) is 4. The van der Waals surface area contributed by atoms with Crippen LogP contribution in [0.4, 0.5) is 0 Å². The first-order valence-corrected chi connectivity index (χ1v) is 15.2. The van der Waals surface area contributed by atoms with Crippen LogP contribution in [0.15, 0.2) is 152 Å². The van der Waals surface area contributed by atoms with Gasteiger partial charge in [-0.05, 0) is 63.0 Å². The molecule has 0 saturated heterocycles. The fourth-order valence-corrected chi connectivity index (χ4v) is 5.98. The quantitative estimate of drug-likeness (QED) is 0.180. The molecule has 0 aliphatic rings. The minimum absolute atomic E-state index is 0.554. The number of fused-ring (bicyclic) bond motifs is 3. The molecule has 2 aromatic heterocycles. The van der Waals surface area contributed by atoms with Gasteiger partial charge in [-0.25, -0.2) is 19.9 Å². The maximum Gasteiger partial charge on any atom is 0.213 e. The Bertz CT molecular complexity index is 2300. The van der Waals surface area contributed by atoms with Crippen LogP contribution in [-0.2, 0) is 0 Å². The lowest BCUT2D eigenvalue weighted by molar-refractivity contribution is 0.398. The molecule has 0 bridgehead atoms. The van der Waals surface area contributed by atoms with Gasteiger partial charge in [-0.1, -0.05) is 115 Å². The van der Waals surface area contributed by atoms with Crippen LogP contribution >= 0.6 is 0 Å². The Labute approximate surface area is 266 Å². The fourth-order valence-electron chi connectivity index (χ4n) is 5.98. The molecule has 0 atom stereocenters. The van der Waals surface area contributed by atoms with Gasteiger partial charge in [-0.15, -0.1) is 0 Å². The molecule has 0 unspecified atom stereocenters. The number of pyridine rings is 1. The molecule has 8 rings (SSSR count). The van der Waals surface area contributed by atoms with Gasteiger partial charge in [0, 0.05) is 28.3 Å². The molecule has 8 aromatic rings. The number of ether oxygens (including phenoxy) is 1. The molecule has 0 fully saturated rings. The van der Waals surface area contributed by atoms with Crippen LogP contribution in [0.1, 0.15) is 0 Å². The molecule has 0 amide bonds. The minimum atomic E-state index is 0.554.